The zero-order valence-electron chi connectivity index (χ0n) is 18.9. The summed E-state index contributed by atoms with van der Waals surface area (Å²) in [6.07, 6.45) is -0.348. The fourth-order valence-electron chi connectivity index (χ4n) is 2.64. The molecule has 33 heavy (non-hydrogen) atoms. The van der Waals surface area contributed by atoms with E-state index in [0.717, 1.165) is 0 Å². The van der Waals surface area contributed by atoms with Crippen molar-refractivity contribution in [3.05, 3.63) is 54.1 Å². The molecule has 176 valence electrons. The molecule has 0 bridgehead atoms. The van der Waals surface area contributed by atoms with Crippen LogP contribution in [-0.2, 0) is 23.9 Å². The predicted molar refractivity (Wildman–Crippen MR) is 122 cm³/mol. The van der Waals surface area contributed by atoms with Crippen molar-refractivity contribution >= 4 is 35.1 Å². The Morgan fingerprint density at radius 2 is 1.64 bits per heavy atom. The standard InChI is InChI=1S/C24H28N2O7/c1-16(2)14-33-24(30)17-7-6-8-18(13-17)25-21(27)11-12-23(29)32-15-22(28)26-19-9-4-5-10-20(19)31-3/h4-10,13,16H,11-12,14-15H2,1-3H3,(H,25,27)(H,26,28). The molecule has 0 aliphatic heterocycles. The van der Waals surface area contributed by atoms with Crippen molar-refractivity contribution in [2.24, 2.45) is 5.92 Å². The fourth-order valence-corrected chi connectivity index (χ4v) is 2.64. The van der Waals surface area contributed by atoms with Crippen LogP contribution in [0, 0.1) is 5.92 Å². The molecule has 0 spiro atoms. The van der Waals surface area contributed by atoms with Crippen molar-refractivity contribution in [3.63, 3.8) is 0 Å². The van der Waals surface area contributed by atoms with Crippen molar-refractivity contribution in [3.8, 4) is 5.75 Å². The van der Waals surface area contributed by atoms with Gasteiger partial charge in [0.15, 0.2) is 6.61 Å². The molecule has 0 heterocycles. The summed E-state index contributed by atoms with van der Waals surface area (Å²) >= 11 is 0. The van der Waals surface area contributed by atoms with Crippen molar-refractivity contribution in [1.82, 2.24) is 0 Å². The monoisotopic (exact) mass is 456 g/mol. The van der Waals surface area contributed by atoms with Gasteiger partial charge in [0.2, 0.25) is 5.91 Å². The number of hydrogen-bond acceptors (Lipinski definition) is 7. The van der Waals surface area contributed by atoms with E-state index in [4.69, 9.17) is 14.2 Å². The van der Waals surface area contributed by atoms with Crippen molar-refractivity contribution < 1.29 is 33.4 Å². The second-order valence-electron chi connectivity index (χ2n) is 7.53. The highest BCUT2D eigenvalue weighted by atomic mass is 16.5. The zero-order valence-corrected chi connectivity index (χ0v) is 18.9. The van der Waals surface area contributed by atoms with Crippen LogP contribution < -0.4 is 15.4 Å². The number of carbonyl (C=O) groups excluding carboxylic acids is 4. The summed E-state index contributed by atoms with van der Waals surface area (Å²) in [4.78, 5) is 48.0. The first-order valence-corrected chi connectivity index (χ1v) is 10.4. The lowest BCUT2D eigenvalue weighted by atomic mass is 10.2. The number of nitrogens with one attached hydrogen (secondary N) is 2. The molecule has 0 fully saturated rings. The van der Waals surface area contributed by atoms with Gasteiger partial charge < -0.3 is 24.8 Å². The van der Waals surface area contributed by atoms with Crippen molar-refractivity contribution in [2.45, 2.75) is 26.7 Å². The molecular formula is C24H28N2O7. The Hall–Kier alpha value is -3.88. The van der Waals surface area contributed by atoms with Crippen LogP contribution in [-0.4, -0.2) is 44.1 Å². The number of esters is 2. The van der Waals surface area contributed by atoms with Gasteiger partial charge in [0.25, 0.3) is 5.91 Å². The first kappa shape index (κ1) is 25.4. The molecule has 2 N–H and O–H groups in total. The zero-order chi connectivity index (χ0) is 24.2. The van der Waals surface area contributed by atoms with E-state index >= 15 is 0 Å². The Kier molecular flexibility index (Phi) is 9.88. The average molecular weight is 456 g/mol. The van der Waals surface area contributed by atoms with Gasteiger partial charge in [-0.2, -0.15) is 0 Å². The molecule has 2 aromatic rings. The van der Waals surface area contributed by atoms with Crippen LogP contribution in [0.4, 0.5) is 11.4 Å². The van der Waals surface area contributed by atoms with Gasteiger partial charge in [-0.15, -0.1) is 0 Å². The minimum Gasteiger partial charge on any atom is -0.495 e. The Labute approximate surface area is 192 Å². The lowest BCUT2D eigenvalue weighted by molar-refractivity contribution is -0.147. The Morgan fingerprint density at radius 3 is 2.36 bits per heavy atom. The third-order valence-corrected chi connectivity index (χ3v) is 4.23. The molecule has 0 aliphatic rings. The molecule has 0 saturated heterocycles. The van der Waals surface area contributed by atoms with Gasteiger partial charge in [0, 0.05) is 12.1 Å². The third-order valence-electron chi connectivity index (χ3n) is 4.23. The Balaban J connectivity index is 1.74. The number of ether oxygens (including phenoxy) is 3. The highest BCUT2D eigenvalue weighted by Gasteiger charge is 2.13. The van der Waals surface area contributed by atoms with Gasteiger partial charge in [-0.05, 0) is 36.2 Å². The summed E-state index contributed by atoms with van der Waals surface area (Å²) in [7, 11) is 1.48. The molecule has 0 atom stereocenters. The maximum Gasteiger partial charge on any atom is 0.338 e. The molecule has 0 unspecified atom stereocenters. The van der Waals surface area contributed by atoms with Crippen LogP contribution >= 0.6 is 0 Å². The number of rotatable bonds is 11. The smallest absolute Gasteiger partial charge is 0.338 e. The minimum atomic E-state index is -0.689. The summed E-state index contributed by atoms with van der Waals surface area (Å²) in [5.41, 5.74) is 1.17. The number of anilines is 2. The van der Waals surface area contributed by atoms with Crippen LogP contribution in [0.3, 0.4) is 0 Å². The second-order valence-corrected chi connectivity index (χ2v) is 7.53. The van der Waals surface area contributed by atoms with Crippen LogP contribution in [0.15, 0.2) is 48.5 Å². The highest BCUT2D eigenvalue weighted by molar-refractivity contribution is 5.96. The van der Waals surface area contributed by atoms with E-state index in [1.165, 1.54) is 13.2 Å². The summed E-state index contributed by atoms with van der Waals surface area (Å²) in [5, 5.41) is 5.21. The SMILES string of the molecule is COc1ccccc1NC(=O)COC(=O)CCC(=O)Nc1cccc(C(=O)OCC(C)C)c1. The van der Waals surface area contributed by atoms with Crippen LogP contribution in [0.25, 0.3) is 0 Å². The highest BCUT2D eigenvalue weighted by Crippen LogP contribution is 2.22. The molecule has 2 rings (SSSR count). The van der Waals surface area contributed by atoms with Gasteiger partial charge >= 0.3 is 11.9 Å². The van der Waals surface area contributed by atoms with E-state index < -0.39 is 30.4 Å². The molecule has 0 radical (unpaired) electrons. The van der Waals surface area contributed by atoms with E-state index in [1.807, 2.05) is 13.8 Å². The predicted octanol–water partition coefficient (Wildman–Crippen LogP) is 3.41. The lowest BCUT2D eigenvalue weighted by Crippen LogP contribution is -2.22. The molecular weight excluding hydrogens is 428 g/mol. The topological polar surface area (TPSA) is 120 Å². The Morgan fingerprint density at radius 1 is 0.879 bits per heavy atom. The number of benzene rings is 2. The average Bonchev–Trinajstić information content (AvgIpc) is 2.80. The molecule has 9 heteroatoms. The quantitative estimate of drug-likeness (QED) is 0.497. The normalized spacial score (nSPS) is 10.3. The van der Waals surface area contributed by atoms with Crippen LogP contribution in [0.2, 0.25) is 0 Å². The van der Waals surface area contributed by atoms with E-state index in [9.17, 15) is 19.2 Å². The summed E-state index contributed by atoms with van der Waals surface area (Å²) in [6.45, 7) is 3.68. The van der Waals surface area contributed by atoms with Crippen LogP contribution in [0.1, 0.15) is 37.0 Å². The summed E-state index contributed by atoms with van der Waals surface area (Å²) in [6, 6.07) is 13.2. The number of methoxy groups -OCH3 is 1. The molecule has 2 aromatic carbocycles. The van der Waals surface area contributed by atoms with Gasteiger partial charge in [-0.3, -0.25) is 14.4 Å². The maximum atomic E-state index is 12.1. The summed E-state index contributed by atoms with van der Waals surface area (Å²) < 4.78 is 15.2. The second kappa shape index (κ2) is 12.8. The fraction of sp³-hybridized carbons (Fsp3) is 0.333. The maximum absolute atomic E-state index is 12.1. The molecule has 9 nitrogen and oxygen atoms in total. The first-order valence-electron chi connectivity index (χ1n) is 10.4. The lowest BCUT2D eigenvalue weighted by Gasteiger charge is -2.10. The van der Waals surface area contributed by atoms with Gasteiger partial charge in [0.05, 0.1) is 31.4 Å². The summed E-state index contributed by atoms with van der Waals surface area (Å²) in [5.74, 6) is -1.44. The largest absolute Gasteiger partial charge is 0.495 e. The van der Waals surface area contributed by atoms with E-state index in [-0.39, 0.29) is 18.8 Å². The molecule has 0 aromatic heterocycles. The van der Waals surface area contributed by atoms with Crippen molar-refractivity contribution in [1.29, 1.82) is 0 Å². The van der Waals surface area contributed by atoms with Crippen molar-refractivity contribution in [2.75, 3.05) is 31.0 Å². The molecule has 2 amide bonds. The van der Waals surface area contributed by atoms with Gasteiger partial charge in [-0.25, -0.2) is 4.79 Å². The van der Waals surface area contributed by atoms with Gasteiger partial charge in [-0.1, -0.05) is 32.0 Å². The van der Waals surface area contributed by atoms with Gasteiger partial charge in [0.1, 0.15) is 5.75 Å². The van der Waals surface area contributed by atoms with E-state index in [1.54, 1.807) is 42.5 Å². The molecule has 0 aliphatic carbocycles. The first-order chi connectivity index (χ1) is 15.8. The van der Waals surface area contributed by atoms with Crippen LogP contribution in [0.5, 0.6) is 5.75 Å². The number of para-hydroxylation sites is 2. The van der Waals surface area contributed by atoms with E-state index in [2.05, 4.69) is 10.6 Å². The third kappa shape index (κ3) is 9.02. The van der Waals surface area contributed by atoms with E-state index in [0.29, 0.717) is 29.3 Å². The minimum absolute atomic E-state index is 0.144. The number of amides is 2. The Bertz CT molecular complexity index is 988. The number of carbonyl (C=O) groups is 4. The molecule has 0 saturated carbocycles. The number of hydrogen-bond donors (Lipinski definition) is 2.